The van der Waals surface area contributed by atoms with E-state index in [0.29, 0.717) is 5.92 Å². The van der Waals surface area contributed by atoms with Crippen molar-refractivity contribution in [3.8, 4) is 0 Å². The van der Waals surface area contributed by atoms with Crippen LogP contribution in [0, 0.1) is 5.92 Å². The van der Waals surface area contributed by atoms with Crippen molar-refractivity contribution in [2.75, 3.05) is 0 Å². The summed E-state index contributed by atoms with van der Waals surface area (Å²) in [6.45, 7) is 2.19. The number of aliphatic hydroxyl groups is 1. The fraction of sp³-hybridized carbons (Fsp3) is 0.294. The first kappa shape index (κ1) is 12.6. The van der Waals surface area contributed by atoms with Crippen molar-refractivity contribution in [1.82, 2.24) is 0 Å². The quantitative estimate of drug-likeness (QED) is 0.828. The molecule has 19 heavy (non-hydrogen) atoms. The minimum atomic E-state index is -1.76. The first-order chi connectivity index (χ1) is 9.22. The molecule has 0 spiro atoms. The largest absolute Gasteiger partial charge is 0.393 e. The van der Waals surface area contributed by atoms with Crippen LogP contribution in [0.5, 0.6) is 0 Å². The summed E-state index contributed by atoms with van der Waals surface area (Å²) in [5.74, 6) is 0.409. The van der Waals surface area contributed by atoms with Gasteiger partial charge in [0.1, 0.15) is 8.07 Å². The van der Waals surface area contributed by atoms with Gasteiger partial charge in [0.25, 0.3) is 0 Å². The van der Waals surface area contributed by atoms with Gasteiger partial charge in [-0.25, -0.2) is 0 Å². The van der Waals surface area contributed by atoms with E-state index in [1.807, 2.05) is 0 Å². The van der Waals surface area contributed by atoms with Gasteiger partial charge in [0, 0.05) is 0 Å². The second kappa shape index (κ2) is 4.95. The number of hydrogen-bond acceptors (Lipinski definition) is 1. The number of aliphatic hydroxyl groups excluding tert-OH is 1. The smallest absolute Gasteiger partial charge is 0.121 e. The molecule has 0 aliphatic carbocycles. The number of hydrogen-bond donors (Lipinski definition) is 1. The molecule has 1 fully saturated rings. The Labute approximate surface area is 115 Å². The summed E-state index contributed by atoms with van der Waals surface area (Å²) in [7, 11) is -1.76. The van der Waals surface area contributed by atoms with E-state index in [9.17, 15) is 5.11 Å². The first-order valence-electron chi connectivity index (χ1n) is 7.01. The van der Waals surface area contributed by atoms with Crippen LogP contribution in [0.1, 0.15) is 6.92 Å². The normalized spacial score (nSPS) is 25.4. The van der Waals surface area contributed by atoms with E-state index >= 15 is 0 Å². The molecule has 2 aromatic carbocycles. The van der Waals surface area contributed by atoms with Gasteiger partial charge in [-0.05, 0) is 18.0 Å². The lowest BCUT2D eigenvalue weighted by atomic mass is 10.1. The van der Waals surface area contributed by atoms with Crippen molar-refractivity contribution in [3.63, 3.8) is 0 Å². The topological polar surface area (TPSA) is 20.2 Å². The second-order valence-corrected chi connectivity index (χ2v) is 9.90. The van der Waals surface area contributed by atoms with E-state index in [0.717, 1.165) is 12.1 Å². The molecule has 3 rings (SSSR count). The maximum absolute atomic E-state index is 10.3. The van der Waals surface area contributed by atoms with Gasteiger partial charge in [0.2, 0.25) is 0 Å². The SMILES string of the molecule is C[C@@H]1C[Si](c2ccccc2)(c2ccccc2)C[C@H]1O. The highest BCUT2D eigenvalue weighted by molar-refractivity contribution is 7.02. The van der Waals surface area contributed by atoms with Crippen molar-refractivity contribution >= 4 is 18.4 Å². The molecule has 1 nitrogen and oxygen atoms in total. The fourth-order valence-electron chi connectivity index (χ4n) is 3.48. The molecular formula is C17H20OSi. The summed E-state index contributed by atoms with van der Waals surface area (Å²) < 4.78 is 0. The summed E-state index contributed by atoms with van der Waals surface area (Å²) >= 11 is 0. The van der Waals surface area contributed by atoms with Crippen LogP contribution in [-0.4, -0.2) is 19.3 Å². The standard InChI is InChI=1S/C17H20OSi/c1-14-12-19(13-17(14)18,15-8-4-2-5-9-15)16-10-6-3-7-11-16/h2-11,14,17-18H,12-13H2,1H3/t14-,17-/m1/s1. The molecule has 1 aliphatic rings. The maximum Gasteiger partial charge on any atom is 0.121 e. The Hall–Kier alpha value is -1.38. The summed E-state index contributed by atoms with van der Waals surface area (Å²) in [6.07, 6.45) is -0.146. The second-order valence-electron chi connectivity index (χ2n) is 5.77. The van der Waals surface area contributed by atoms with Gasteiger partial charge in [0.15, 0.2) is 0 Å². The highest BCUT2D eigenvalue weighted by Crippen LogP contribution is 2.34. The molecule has 0 saturated carbocycles. The summed E-state index contributed by atoms with van der Waals surface area (Å²) in [6, 6.07) is 23.8. The average Bonchev–Trinajstić information content (AvgIpc) is 2.78. The predicted octanol–water partition coefficient (Wildman–Crippen LogP) is 2.26. The monoisotopic (exact) mass is 268 g/mol. The fourth-order valence-corrected chi connectivity index (χ4v) is 9.07. The molecule has 2 aromatic rings. The average molecular weight is 268 g/mol. The van der Waals surface area contributed by atoms with Crippen LogP contribution in [0.25, 0.3) is 0 Å². The summed E-state index contributed by atoms with van der Waals surface area (Å²) in [4.78, 5) is 0. The summed E-state index contributed by atoms with van der Waals surface area (Å²) in [5, 5.41) is 13.2. The Bertz CT molecular complexity index is 486. The van der Waals surface area contributed by atoms with Gasteiger partial charge in [-0.1, -0.05) is 78.0 Å². The molecule has 0 unspecified atom stereocenters. The van der Waals surface area contributed by atoms with E-state index in [-0.39, 0.29) is 6.10 Å². The van der Waals surface area contributed by atoms with E-state index in [1.165, 1.54) is 10.4 Å². The Morgan fingerprint density at radius 2 is 1.32 bits per heavy atom. The van der Waals surface area contributed by atoms with Crippen molar-refractivity contribution < 1.29 is 5.11 Å². The molecule has 0 amide bonds. The molecule has 1 aliphatic heterocycles. The van der Waals surface area contributed by atoms with Crippen LogP contribution in [-0.2, 0) is 0 Å². The van der Waals surface area contributed by atoms with Crippen LogP contribution < -0.4 is 10.4 Å². The van der Waals surface area contributed by atoms with Crippen LogP contribution in [0.15, 0.2) is 60.7 Å². The van der Waals surface area contributed by atoms with Crippen LogP contribution >= 0.6 is 0 Å². The van der Waals surface area contributed by atoms with E-state index in [1.54, 1.807) is 0 Å². The van der Waals surface area contributed by atoms with Crippen molar-refractivity contribution in [3.05, 3.63) is 60.7 Å². The van der Waals surface area contributed by atoms with E-state index in [2.05, 4.69) is 67.6 Å². The molecule has 0 aromatic heterocycles. The zero-order valence-electron chi connectivity index (χ0n) is 11.3. The van der Waals surface area contributed by atoms with Crippen molar-refractivity contribution in [1.29, 1.82) is 0 Å². The molecule has 1 N–H and O–H groups in total. The minimum absolute atomic E-state index is 0.146. The first-order valence-corrected chi connectivity index (χ1v) is 9.43. The van der Waals surface area contributed by atoms with Gasteiger partial charge in [-0.3, -0.25) is 0 Å². The van der Waals surface area contributed by atoms with Gasteiger partial charge in [0.05, 0.1) is 6.10 Å². The van der Waals surface area contributed by atoms with Gasteiger partial charge in [-0.2, -0.15) is 0 Å². The summed E-state index contributed by atoms with van der Waals surface area (Å²) in [5.41, 5.74) is 0. The zero-order valence-corrected chi connectivity index (χ0v) is 12.3. The maximum atomic E-state index is 10.3. The Balaban J connectivity index is 2.13. The third-order valence-electron chi connectivity index (χ3n) is 4.54. The van der Waals surface area contributed by atoms with Crippen LogP contribution in [0.2, 0.25) is 12.1 Å². The Morgan fingerprint density at radius 1 is 0.842 bits per heavy atom. The lowest BCUT2D eigenvalue weighted by Crippen LogP contribution is -2.56. The van der Waals surface area contributed by atoms with Gasteiger partial charge >= 0.3 is 0 Å². The molecule has 2 atom stereocenters. The van der Waals surface area contributed by atoms with Gasteiger partial charge < -0.3 is 5.11 Å². The lowest BCUT2D eigenvalue weighted by Gasteiger charge is -2.28. The Kier molecular flexibility index (Phi) is 3.29. The Morgan fingerprint density at radius 3 is 1.68 bits per heavy atom. The van der Waals surface area contributed by atoms with Crippen LogP contribution in [0.3, 0.4) is 0 Å². The molecule has 0 bridgehead atoms. The van der Waals surface area contributed by atoms with Crippen LogP contribution in [0.4, 0.5) is 0 Å². The molecule has 0 radical (unpaired) electrons. The molecule has 98 valence electrons. The number of rotatable bonds is 2. The van der Waals surface area contributed by atoms with E-state index in [4.69, 9.17) is 0 Å². The third kappa shape index (κ3) is 2.15. The minimum Gasteiger partial charge on any atom is -0.393 e. The molecule has 2 heteroatoms. The predicted molar refractivity (Wildman–Crippen MR) is 82.7 cm³/mol. The highest BCUT2D eigenvalue weighted by Gasteiger charge is 2.47. The lowest BCUT2D eigenvalue weighted by molar-refractivity contribution is 0.155. The van der Waals surface area contributed by atoms with E-state index < -0.39 is 8.07 Å². The highest BCUT2D eigenvalue weighted by atomic mass is 28.3. The van der Waals surface area contributed by atoms with Crippen molar-refractivity contribution in [2.45, 2.75) is 25.1 Å². The molecule has 1 saturated heterocycles. The molecule has 1 heterocycles. The number of benzene rings is 2. The molecular weight excluding hydrogens is 248 g/mol. The third-order valence-corrected chi connectivity index (χ3v) is 9.87. The zero-order chi connectivity index (χ0) is 13.3. The van der Waals surface area contributed by atoms with Gasteiger partial charge in [-0.15, -0.1) is 0 Å². The van der Waals surface area contributed by atoms with Crippen molar-refractivity contribution in [2.24, 2.45) is 5.92 Å².